The number of nitrogens with two attached hydrogens (primary N) is 1. The molecule has 0 spiro atoms. The fraction of sp³-hybridized carbons (Fsp3) is 0.667. The van der Waals surface area contributed by atoms with Gasteiger partial charge in [0.25, 0.3) is 5.91 Å². The van der Waals surface area contributed by atoms with Crippen molar-refractivity contribution in [2.75, 3.05) is 25.4 Å². The summed E-state index contributed by atoms with van der Waals surface area (Å²) in [5, 5.41) is 4.22. The van der Waals surface area contributed by atoms with E-state index in [0.717, 1.165) is 6.42 Å². The fourth-order valence-electron chi connectivity index (χ4n) is 2.09. The molecule has 0 saturated carbocycles. The number of anilines is 1. The molecule has 1 aromatic rings. The van der Waals surface area contributed by atoms with Gasteiger partial charge in [-0.2, -0.15) is 5.10 Å². The molecule has 1 atom stereocenters. The Labute approximate surface area is 107 Å². The van der Waals surface area contributed by atoms with E-state index < -0.39 is 0 Å². The van der Waals surface area contributed by atoms with E-state index in [1.54, 1.807) is 15.8 Å². The van der Waals surface area contributed by atoms with Gasteiger partial charge in [0.15, 0.2) is 5.69 Å². The minimum Gasteiger partial charge on any atom is -0.396 e. The van der Waals surface area contributed by atoms with Crippen molar-refractivity contribution in [1.29, 1.82) is 0 Å². The molecule has 1 unspecified atom stereocenters. The second-order valence-corrected chi connectivity index (χ2v) is 4.57. The van der Waals surface area contributed by atoms with Gasteiger partial charge in [0, 0.05) is 32.4 Å². The zero-order valence-corrected chi connectivity index (χ0v) is 10.9. The van der Waals surface area contributed by atoms with Crippen LogP contribution in [0.5, 0.6) is 0 Å². The Bertz CT molecular complexity index is 430. The maximum Gasteiger partial charge on any atom is 0.276 e. The van der Waals surface area contributed by atoms with E-state index in [1.807, 2.05) is 13.8 Å². The number of nitrogens with zero attached hydrogens (tertiary/aromatic N) is 3. The predicted octanol–water partition coefficient (Wildman–Crippen LogP) is 0.736. The van der Waals surface area contributed by atoms with E-state index >= 15 is 0 Å². The average Bonchev–Trinajstić information content (AvgIpc) is 2.59. The summed E-state index contributed by atoms with van der Waals surface area (Å²) in [5.41, 5.74) is 6.63. The number of hydrogen-bond acceptors (Lipinski definition) is 4. The van der Waals surface area contributed by atoms with Crippen LogP contribution >= 0.6 is 0 Å². The minimum absolute atomic E-state index is 0.0611. The first kappa shape index (κ1) is 12.9. The second kappa shape index (κ2) is 5.39. The lowest BCUT2D eigenvalue weighted by Gasteiger charge is -2.21. The summed E-state index contributed by atoms with van der Waals surface area (Å²) in [6.45, 7) is 6.63. The van der Waals surface area contributed by atoms with E-state index in [1.165, 1.54) is 0 Å². The molecule has 6 nitrogen and oxygen atoms in total. The third kappa shape index (κ3) is 2.64. The first-order chi connectivity index (χ1) is 8.61. The van der Waals surface area contributed by atoms with Crippen molar-refractivity contribution in [2.45, 2.75) is 32.9 Å². The largest absolute Gasteiger partial charge is 0.396 e. The van der Waals surface area contributed by atoms with Crippen LogP contribution in [-0.2, 0) is 11.3 Å². The lowest BCUT2D eigenvalue weighted by Crippen LogP contribution is -2.36. The van der Waals surface area contributed by atoms with Gasteiger partial charge in [0.05, 0.1) is 11.8 Å². The highest BCUT2D eigenvalue weighted by Gasteiger charge is 2.24. The molecule has 0 radical (unpaired) electrons. The maximum atomic E-state index is 12.4. The zero-order chi connectivity index (χ0) is 13.1. The van der Waals surface area contributed by atoms with Crippen LogP contribution in [0.3, 0.4) is 0 Å². The van der Waals surface area contributed by atoms with Gasteiger partial charge in [0.2, 0.25) is 0 Å². The minimum atomic E-state index is -0.1000. The van der Waals surface area contributed by atoms with Crippen LogP contribution in [0.1, 0.15) is 30.8 Å². The summed E-state index contributed by atoms with van der Waals surface area (Å²) in [4.78, 5) is 14.1. The summed E-state index contributed by atoms with van der Waals surface area (Å²) in [5.74, 6) is -0.1000. The molecule has 1 aliphatic rings. The Kier molecular flexibility index (Phi) is 3.86. The second-order valence-electron chi connectivity index (χ2n) is 4.57. The first-order valence-electron chi connectivity index (χ1n) is 6.35. The third-order valence-corrected chi connectivity index (χ3v) is 3.06. The number of carbonyl (C=O) groups is 1. The number of aryl methyl sites for hydroxylation is 1. The monoisotopic (exact) mass is 252 g/mol. The smallest absolute Gasteiger partial charge is 0.276 e. The molecular weight excluding hydrogens is 232 g/mol. The molecule has 2 heterocycles. The van der Waals surface area contributed by atoms with Gasteiger partial charge in [-0.05, 0) is 20.3 Å². The SMILES string of the molecule is CCn1cc(N)c(C(=O)N2CCCOC(C)C2)n1. The predicted molar refractivity (Wildman–Crippen MR) is 68.2 cm³/mol. The van der Waals surface area contributed by atoms with E-state index in [-0.39, 0.29) is 12.0 Å². The summed E-state index contributed by atoms with van der Waals surface area (Å²) in [6.07, 6.45) is 2.61. The van der Waals surface area contributed by atoms with Gasteiger partial charge in [-0.1, -0.05) is 0 Å². The first-order valence-corrected chi connectivity index (χ1v) is 6.35. The van der Waals surface area contributed by atoms with Gasteiger partial charge in [-0.3, -0.25) is 9.48 Å². The quantitative estimate of drug-likeness (QED) is 0.842. The molecule has 100 valence electrons. The molecule has 1 aliphatic heterocycles. The van der Waals surface area contributed by atoms with Crippen LogP contribution in [0.4, 0.5) is 5.69 Å². The molecule has 1 amide bonds. The number of rotatable bonds is 2. The summed E-state index contributed by atoms with van der Waals surface area (Å²) in [6, 6.07) is 0. The van der Waals surface area contributed by atoms with Crippen LogP contribution in [0, 0.1) is 0 Å². The highest BCUT2D eigenvalue weighted by atomic mass is 16.5. The number of nitrogen functional groups attached to an aromatic ring is 1. The van der Waals surface area contributed by atoms with Crippen molar-refractivity contribution < 1.29 is 9.53 Å². The van der Waals surface area contributed by atoms with Crippen LogP contribution < -0.4 is 5.73 Å². The summed E-state index contributed by atoms with van der Waals surface area (Å²) < 4.78 is 7.21. The number of amides is 1. The van der Waals surface area contributed by atoms with Crippen molar-refractivity contribution in [2.24, 2.45) is 0 Å². The number of hydrogen-bond donors (Lipinski definition) is 1. The Morgan fingerprint density at radius 2 is 2.44 bits per heavy atom. The lowest BCUT2D eigenvalue weighted by atomic mass is 10.3. The number of carbonyl (C=O) groups excluding carboxylic acids is 1. The molecule has 1 fully saturated rings. The third-order valence-electron chi connectivity index (χ3n) is 3.06. The summed E-state index contributed by atoms with van der Waals surface area (Å²) in [7, 11) is 0. The summed E-state index contributed by atoms with van der Waals surface area (Å²) >= 11 is 0. The van der Waals surface area contributed by atoms with Crippen LogP contribution in [0.25, 0.3) is 0 Å². The molecule has 0 aromatic carbocycles. The highest BCUT2D eigenvalue weighted by molar-refractivity contribution is 5.97. The Morgan fingerprint density at radius 1 is 1.67 bits per heavy atom. The van der Waals surface area contributed by atoms with E-state index in [9.17, 15) is 4.79 Å². The maximum absolute atomic E-state index is 12.4. The molecule has 0 aliphatic carbocycles. The molecule has 1 aromatic heterocycles. The van der Waals surface area contributed by atoms with Gasteiger partial charge < -0.3 is 15.4 Å². The van der Waals surface area contributed by atoms with Crippen LogP contribution in [0.2, 0.25) is 0 Å². The Morgan fingerprint density at radius 3 is 3.11 bits per heavy atom. The molecule has 0 bridgehead atoms. The van der Waals surface area contributed by atoms with Gasteiger partial charge in [-0.25, -0.2) is 0 Å². The molecule has 2 N–H and O–H groups in total. The fourth-order valence-corrected chi connectivity index (χ4v) is 2.09. The van der Waals surface area contributed by atoms with E-state index in [4.69, 9.17) is 10.5 Å². The van der Waals surface area contributed by atoms with Gasteiger partial charge >= 0.3 is 0 Å². The van der Waals surface area contributed by atoms with E-state index in [0.29, 0.717) is 37.6 Å². The molecule has 6 heteroatoms. The van der Waals surface area contributed by atoms with Crippen LogP contribution in [-0.4, -0.2) is 46.4 Å². The highest BCUT2D eigenvalue weighted by Crippen LogP contribution is 2.15. The molecule has 2 rings (SSSR count). The standard InChI is InChI=1S/C12H20N4O2/c1-3-16-8-10(13)11(14-16)12(17)15-5-4-6-18-9(2)7-15/h8-9H,3-7,13H2,1-2H3. The van der Waals surface area contributed by atoms with Gasteiger partial charge in [-0.15, -0.1) is 0 Å². The molecular formula is C12H20N4O2. The Hall–Kier alpha value is -1.56. The lowest BCUT2D eigenvalue weighted by molar-refractivity contribution is 0.0559. The Balaban J connectivity index is 2.16. The molecule has 1 saturated heterocycles. The number of aromatic nitrogens is 2. The zero-order valence-electron chi connectivity index (χ0n) is 10.9. The topological polar surface area (TPSA) is 73.4 Å². The van der Waals surface area contributed by atoms with Crippen LogP contribution in [0.15, 0.2) is 6.20 Å². The van der Waals surface area contributed by atoms with Crippen molar-refractivity contribution in [3.05, 3.63) is 11.9 Å². The van der Waals surface area contributed by atoms with Crippen molar-refractivity contribution in [3.8, 4) is 0 Å². The van der Waals surface area contributed by atoms with Gasteiger partial charge in [0.1, 0.15) is 0 Å². The molecule has 18 heavy (non-hydrogen) atoms. The average molecular weight is 252 g/mol. The van der Waals surface area contributed by atoms with Crippen molar-refractivity contribution in [3.63, 3.8) is 0 Å². The van der Waals surface area contributed by atoms with Crippen molar-refractivity contribution in [1.82, 2.24) is 14.7 Å². The van der Waals surface area contributed by atoms with E-state index in [2.05, 4.69) is 5.10 Å². The van der Waals surface area contributed by atoms with Crippen molar-refractivity contribution >= 4 is 11.6 Å². The number of ether oxygens (including phenoxy) is 1. The normalized spacial score (nSPS) is 20.8.